The van der Waals surface area contributed by atoms with E-state index in [1.807, 2.05) is 0 Å². The Bertz CT molecular complexity index is 614. The third-order valence-corrected chi connectivity index (χ3v) is 2.12. The number of hydrogen-bond donors (Lipinski definition) is 0. The third kappa shape index (κ3) is 2.07. The zero-order valence-corrected chi connectivity index (χ0v) is 9.32. The van der Waals surface area contributed by atoms with E-state index < -0.39 is 11.4 Å². The van der Waals surface area contributed by atoms with Crippen LogP contribution in [-0.4, -0.2) is 32.6 Å². The molecule has 0 aliphatic rings. The van der Waals surface area contributed by atoms with E-state index in [2.05, 4.69) is 14.9 Å². The largest absolute Gasteiger partial charge is 0.464 e. The highest BCUT2D eigenvalue weighted by Gasteiger charge is 2.13. The van der Waals surface area contributed by atoms with Gasteiger partial charge in [-0.25, -0.2) is 9.48 Å². The molecule has 7 nitrogen and oxygen atoms in total. The van der Waals surface area contributed by atoms with Crippen molar-refractivity contribution in [2.24, 2.45) is 7.05 Å². The van der Waals surface area contributed by atoms with Crippen molar-refractivity contribution in [1.29, 1.82) is 0 Å². The number of nitrogens with zero attached hydrogens (tertiary/aromatic N) is 4. The Hall–Kier alpha value is -2.44. The van der Waals surface area contributed by atoms with Gasteiger partial charge in [0.2, 0.25) is 11.1 Å². The molecule has 2 aromatic rings. The Balaban J connectivity index is 2.51. The Morgan fingerprint density at radius 2 is 2.06 bits per heavy atom. The molecular weight excluding hydrogens is 224 g/mol. The summed E-state index contributed by atoms with van der Waals surface area (Å²) < 4.78 is 7.40. The van der Waals surface area contributed by atoms with Gasteiger partial charge in [0.05, 0.1) is 7.11 Å². The van der Waals surface area contributed by atoms with Crippen molar-refractivity contribution in [3.05, 3.63) is 40.4 Å². The van der Waals surface area contributed by atoms with Crippen LogP contribution < -0.4 is 5.43 Å². The first-order chi connectivity index (χ1) is 8.11. The van der Waals surface area contributed by atoms with E-state index in [-0.39, 0.29) is 5.69 Å². The van der Waals surface area contributed by atoms with Crippen LogP contribution in [0.3, 0.4) is 0 Å². The molecular formula is C10H10N4O3. The second kappa shape index (κ2) is 4.20. The number of rotatable bonds is 2. The lowest BCUT2D eigenvalue weighted by Gasteiger charge is -2.02. The van der Waals surface area contributed by atoms with Crippen molar-refractivity contribution >= 4 is 5.97 Å². The normalized spacial score (nSPS) is 10.2. The Morgan fingerprint density at radius 1 is 1.29 bits per heavy atom. The molecule has 0 unspecified atom stereocenters. The first-order valence-corrected chi connectivity index (χ1v) is 4.80. The average Bonchev–Trinajstić information content (AvgIpc) is 2.75. The van der Waals surface area contributed by atoms with Gasteiger partial charge in [-0.2, -0.15) is 10.2 Å². The van der Waals surface area contributed by atoms with Gasteiger partial charge in [-0.05, 0) is 0 Å². The number of aryl methyl sites for hydroxylation is 1. The van der Waals surface area contributed by atoms with Gasteiger partial charge in [-0.15, -0.1) is 0 Å². The maximum atomic E-state index is 11.4. The molecule has 0 fully saturated rings. The average molecular weight is 234 g/mol. The van der Waals surface area contributed by atoms with Crippen LogP contribution in [0.5, 0.6) is 0 Å². The summed E-state index contributed by atoms with van der Waals surface area (Å²) >= 11 is 0. The van der Waals surface area contributed by atoms with Crippen molar-refractivity contribution in [3.63, 3.8) is 0 Å². The SMILES string of the molecule is COC(=O)c1nn(-c2ccn(C)n2)ccc1=O. The molecule has 0 N–H and O–H groups in total. The molecule has 0 atom stereocenters. The van der Waals surface area contributed by atoms with E-state index in [1.165, 1.54) is 24.1 Å². The standard InChI is InChI=1S/C10H10N4O3/c1-13-5-4-8(11-13)14-6-3-7(15)9(12-14)10(16)17-2/h3-6H,1-2H3. The molecule has 0 aliphatic heterocycles. The molecule has 7 heteroatoms. The first kappa shape index (κ1) is 11.1. The number of methoxy groups -OCH3 is 1. The maximum Gasteiger partial charge on any atom is 0.362 e. The van der Waals surface area contributed by atoms with E-state index in [4.69, 9.17) is 0 Å². The van der Waals surface area contributed by atoms with E-state index in [9.17, 15) is 9.59 Å². The number of esters is 1. The van der Waals surface area contributed by atoms with Crippen LogP contribution in [0.15, 0.2) is 29.3 Å². The predicted molar refractivity (Wildman–Crippen MR) is 57.9 cm³/mol. The van der Waals surface area contributed by atoms with Crippen molar-refractivity contribution in [2.75, 3.05) is 7.11 Å². The molecule has 0 aromatic carbocycles. The molecule has 0 bridgehead atoms. The van der Waals surface area contributed by atoms with Crippen LogP contribution in [0.25, 0.3) is 5.82 Å². The fourth-order valence-electron chi connectivity index (χ4n) is 1.30. The molecule has 0 saturated carbocycles. The Morgan fingerprint density at radius 3 is 2.65 bits per heavy atom. The highest BCUT2D eigenvalue weighted by Crippen LogP contribution is 2.00. The summed E-state index contributed by atoms with van der Waals surface area (Å²) in [5.74, 6) is -0.252. The molecule has 0 aliphatic carbocycles. The number of hydrogen-bond acceptors (Lipinski definition) is 5. The van der Waals surface area contributed by atoms with Gasteiger partial charge in [0.25, 0.3) is 0 Å². The van der Waals surface area contributed by atoms with Crippen LogP contribution >= 0.6 is 0 Å². The van der Waals surface area contributed by atoms with Gasteiger partial charge in [0.1, 0.15) is 0 Å². The number of carbonyl (C=O) groups is 1. The van der Waals surface area contributed by atoms with Crippen molar-refractivity contribution in [1.82, 2.24) is 19.6 Å². The zero-order chi connectivity index (χ0) is 12.4. The molecule has 2 aromatic heterocycles. The van der Waals surface area contributed by atoms with Crippen molar-refractivity contribution in [2.45, 2.75) is 0 Å². The minimum absolute atomic E-state index is 0.263. The summed E-state index contributed by atoms with van der Waals surface area (Å²) in [6.45, 7) is 0. The van der Waals surface area contributed by atoms with E-state index in [0.717, 1.165) is 0 Å². The molecule has 17 heavy (non-hydrogen) atoms. The van der Waals surface area contributed by atoms with Crippen molar-refractivity contribution < 1.29 is 9.53 Å². The van der Waals surface area contributed by atoms with Gasteiger partial charge in [0.15, 0.2) is 5.82 Å². The summed E-state index contributed by atoms with van der Waals surface area (Å²) in [6.07, 6.45) is 3.17. The van der Waals surface area contributed by atoms with Gasteiger partial charge >= 0.3 is 5.97 Å². The summed E-state index contributed by atoms with van der Waals surface area (Å²) in [5, 5.41) is 7.98. The molecule has 0 saturated heterocycles. The molecule has 0 spiro atoms. The molecule has 88 valence electrons. The Labute approximate surface area is 96.2 Å². The van der Waals surface area contributed by atoms with Crippen LogP contribution in [0.1, 0.15) is 10.5 Å². The maximum absolute atomic E-state index is 11.4. The summed E-state index contributed by atoms with van der Waals surface area (Å²) in [7, 11) is 2.95. The molecule has 0 radical (unpaired) electrons. The monoisotopic (exact) mass is 234 g/mol. The van der Waals surface area contributed by atoms with Gasteiger partial charge < -0.3 is 4.74 Å². The third-order valence-electron chi connectivity index (χ3n) is 2.12. The van der Waals surface area contributed by atoms with E-state index in [1.54, 1.807) is 24.0 Å². The fourth-order valence-corrected chi connectivity index (χ4v) is 1.30. The molecule has 2 heterocycles. The number of ether oxygens (including phenoxy) is 1. The summed E-state index contributed by atoms with van der Waals surface area (Å²) in [5.41, 5.74) is -0.746. The Kier molecular flexibility index (Phi) is 2.73. The smallest absolute Gasteiger partial charge is 0.362 e. The lowest BCUT2D eigenvalue weighted by Crippen LogP contribution is -2.21. The lowest BCUT2D eigenvalue weighted by molar-refractivity contribution is 0.0590. The number of aromatic nitrogens is 4. The summed E-state index contributed by atoms with van der Waals surface area (Å²) in [6, 6.07) is 2.95. The van der Waals surface area contributed by atoms with Gasteiger partial charge in [-0.3, -0.25) is 9.48 Å². The van der Waals surface area contributed by atoms with E-state index in [0.29, 0.717) is 5.82 Å². The predicted octanol–water partition coefficient (Wildman–Crippen LogP) is -0.247. The van der Waals surface area contributed by atoms with Gasteiger partial charge in [-0.1, -0.05) is 0 Å². The minimum atomic E-state index is -0.764. The van der Waals surface area contributed by atoms with Crippen LogP contribution in [0.4, 0.5) is 0 Å². The highest BCUT2D eigenvalue weighted by atomic mass is 16.5. The van der Waals surface area contributed by atoms with Crippen LogP contribution in [-0.2, 0) is 11.8 Å². The fraction of sp³-hybridized carbons (Fsp3) is 0.200. The minimum Gasteiger partial charge on any atom is -0.464 e. The second-order valence-electron chi connectivity index (χ2n) is 3.31. The second-order valence-corrected chi connectivity index (χ2v) is 3.31. The highest BCUT2D eigenvalue weighted by molar-refractivity contribution is 5.86. The van der Waals surface area contributed by atoms with Crippen LogP contribution in [0, 0.1) is 0 Å². The summed E-state index contributed by atoms with van der Waals surface area (Å²) in [4.78, 5) is 22.7. The van der Waals surface area contributed by atoms with E-state index >= 15 is 0 Å². The van der Waals surface area contributed by atoms with Gasteiger partial charge in [0, 0.05) is 31.6 Å². The first-order valence-electron chi connectivity index (χ1n) is 4.80. The topological polar surface area (TPSA) is 79.0 Å². The quantitative estimate of drug-likeness (QED) is 0.669. The lowest BCUT2D eigenvalue weighted by atomic mass is 10.4. The number of carbonyl (C=O) groups excluding carboxylic acids is 1. The van der Waals surface area contributed by atoms with Crippen molar-refractivity contribution in [3.8, 4) is 5.82 Å². The van der Waals surface area contributed by atoms with Crippen LogP contribution in [0.2, 0.25) is 0 Å². The zero-order valence-electron chi connectivity index (χ0n) is 9.32. The molecule has 0 amide bonds. The molecule has 2 rings (SSSR count).